The van der Waals surface area contributed by atoms with Crippen molar-refractivity contribution in [3.8, 4) is 17.0 Å². The number of fused-ring (bicyclic) bond motifs is 2. The van der Waals surface area contributed by atoms with Crippen LogP contribution >= 0.6 is 0 Å². The summed E-state index contributed by atoms with van der Waals surface area (Å²) in [5.74, 6) is 0.213. The molecule has 0 atom stereocenters. The van der Waals surface area contributed by atoms with Crippen molar-refractivity contribution in [1.29, 1.82) is 0 Å². The van der Waals surface area contributed by atoms with Crippen molar-refractivity contribution in [2.45, 2.75) is 6.92 Å². The Labute approximate surface area is 135 Å². The van der Waals surface area contributed by atoms with Crippen molar-refractivity contribution in [3.63, 3.8) is 0 Å². The molecule has 0 fully saturated rings. The lowest BCUT2D eigenvalue weighted by Gasteiger charge is -2.07. The number of aromatic hydroxyl groups is 1. The standard InChI is InChI=1S/C18H13N3O3/c1-9-6-14(19-16-15(9)20-18(24)21-17(16)23)12-3-2-11-8-13(22)5-4-10(11)7-12/h2-8,22H,1H3,(H2,20,21,23,24). The zero-order valence-electron chi connectivity index (χ0n) is 12.8. The Morgan fingerprint density at radius 1 is 0.958 bits per heavy atom. The van der Waals surface area contributed by atoms with Crippen LogP contribution in [0.25, 0.3) is 33.1 Å². The summed E-state index contributed by atoms with van der Waals surface area (Å²) in [6, 6.07) is 12.7. The van der Waals surface area contributed by atoms with Crippen molar-refractivity contribution >= 4 is 21.8 Å². The number of phenolic OH excluding ortho intramolecular Hbond substituents is 1. The molecule has 3 N–H and O–H groups in total. The van der Waals surface area contributed by atoms with Gasteiger partial charge < -0.3 is 10.1 Å². The van der Waals surface area contributed by atoms with Crippen LogP contribution in [0.1, 0.15) is 5.56 Å². The highest BCUT2D eigenvalue weighted by molar-refractivity contribution is 5.89. The molecule has 0 aliphatic carbocycles. The van der Waals surface area contributed by atoms with Crippen LogP contribution in [0.2, 0.25) is 0 Å². The minimum Gasteiger partial charge on any atom is -0.508 e. The third-order valence-electron chi connectivity index (χ3n) is 4.02. The van der Waals surface area contributed by atoms with E-state index in [0.717, 1.165) is 21.9 Å². The van der Waals surface area contributed by atoms with Crippen molar-refractivity contribution in [3.05, 3.63) is 68.9 Å². The van der Waals surface area contributed by atoms with Gasteiger partial charge in [-0.25, -0.2) is 9.78 Å². The number of benzene rings is 2. The first kappa shape index (κ1) is 14.2. The molecule has 0 radical (unpaired) electrons. The molecule has 0 amide bonds. The lowest BCUT2D eigenvalue weighted by atomic mass is 10.0. The normalized spacial score (nSPS) is 11.2. The van der Waals surface area contributed by atoms with E-state index in [-0.39, 0.29) is 11.3 Å². The lowest BCUT2D eigenvalue weighted by molar-refractivity contribution is 0.476. The molecule has 6 nitrogen and oxygen atoms in total. The molecule has 24 heavy (non-hydrogen) atoms. The number of aryl methyl sites for hydroxylation is 1. The van der Waals surface area contributed by atoms with E-state index in [4.69, 9.17) is 0 Å². The SMILES string of the molecule is Cc1cc(-c2ccc3cc(O)ccc3c2)nc2c(=O)[nH]c(=O)[nH]c12. The summed E-state index contributed by atoms with van der Waals surface area (Å²) in [6.45, 7) is 1.82. The molecule has 0 aliphatic rings. The highest BCUT2D eigenvalue weighted by atomic mass is 16.3. The van der Waals surface area contributed by atoms with Crippen LogP contribution in [0.3, 0.4) is 0 Å². The Morgan fingerprint density at radius 3 is 2.54 bits per heavy atom. The van der Waals surface area contributed by atoms with Crippen LogP contribution in [0.5, 0.6) is 5.75 Å². The van der Waals surface area contributed by atoms with Crippen LogP contribution in [0, 0.1) is 6.92 Å². The fourth-order valence-electron chi connectivity index (χ4n) is 2.84. The van der Waals surface area contributed by atoms with Gasteiger partial charge in [-0.15, -0.1) is 0 Å². The van der Waals surface area contributed by atoms with Gasteiger partial charge >= 0.3 is 5.69 Å². The summed E-state index contributed by atoms with van der Waals surface area (Å²) in [4.78, 5) is 32.7. The van der Waals surface area contributed by atoms with E-state index in [1.807, 2.05) is 37.3 Å². The maximum atomic E-state index is 12.0. The van der Waals surface area contributed by atoms with Crippen LogP contribution in [0.4, 0.5) is 0 Å². The van der Waals surface area contributed by atoms with E-state index >= 15 is 0 Å². The van der Waals surface area contributed by atoms with Crippen molar-refractivity contribution in [2.24, 2.45) is 0 Å². The second-order valence-corrected chi connectivity index (χ2v) is 5.70. The molecule has 118 valence electrons. The van der Waals surface area contributed by atoms with Crippen LogP contribution in [0.15, 0.2) is 52.1 Å². The summed E-state index contributed by atoms with van der Waals surface area (Å²) in [5, 5.41) is 11.4. The van der Waals surface area contributed by atoms with Gasteiger partial charge in [-0.1, -0.05) is 18.2 Å². The summed E-state index contributed by atoms with van der Waals surface area (Å²) < 4.78 is 0. The maximum Gasteiger partial charge on any atom is 0.326 e. The number of hydrogen-bond donors (Lipinski definition) is 3. The highest BCUT2D eigenvalue weighted by Gasteiger charge is 2.10. The number of rotatable bonds is 1. The Hall–Kier alpha value is -3.41. The molecule has 2 heterocycles. The summed E-state index contributed by atoms with van der Waals surface area (Å²) in [6.07, 6.45) is 0. The number of H-pyrrole nitrogens is 2. The van der Waals surface area contributed by atoms with Crippen LogP contribution in [-0.2, 0) is 0 Å². The first-order chi connectivity index (χ1) is 11.5. The quantitative estimate of drug-likeness (QED) is 0.502. The zero-order chi connectivity index (χ0) is 16.8. The number of nitrogens with zero attached hydrogens (tertiary/aromatic N) is 1. The Bertz CT molecular complexity index is 1220. The van der Waals surface area contributed by atoms with Gasteiger partial charge in [-0.3, -0.25) is 9.78 Å². The van der Waals surface area contributed by atoms with E-state index in [2.05, 4.69) is 15.0 Å². The molecule has 4 aromatic rings. The monoisotopic (exact) mass is 319 g/mol. The fraction of sp³-hybridized carbons (Fsp3) is 0.0556. The molecule has 6 heteroatoms. The highest BCUT2D eigenvalue weighted by Crippen LogP contribution is 2.27. The predicted octanol–water partition coefficient (Wildman–Crippen LogP) is 2.45. The lowest BCUT2D eigenvalue weighted by Crippen LogP contribution is -2.23. The zero-order valence-corrected chi connectivity index (χ0v) is 12.8. The molecule has 0 bridgehead atoms. The summed E-state index contributed by atoms with van der Waals surface area (Å²) in [7, 11) is 0. The second kappa shape index (κ2) is 5.06. The van der Waals surface area contributed by atoms with Gasteiger partial charge in [0.1, 0.15) is 5.75 Å². The van der Waals surface area contributed by atoms with Gasteiger partial charge in [-0.05, 0) is 47.5 Å². The molecule has 0 spiro atoms. The van der Waals surface area contributed by atoms with Crippen molar-refractivity contribution < 1.29 is 5.11 Å². The number of hydrogen-bond acceptors (Lipinski definition) is 4. The average Bonchev–Trinajstić information content (AvgIpc) is 2.55. The predicted molar refractivity (Wildman–Crippen MR) is 92.3 cm³/mol. The first-order valence-electron chi connectivity index (χ1n) is 7.38. The van der Waals surface area contributed by atoms with Crippen LogP contribution < -0.4 is 11.2 Å². The largest absolute Gasteiger partial charge is 0.508 e. The molecule has 4 rings (SSSR count). The van der Waals surface area contributed by atoms with Crippen LogP contribution in [-0.4, -0.2) is 20.1 Å². The maximum absolute atomic E-state index is 12.0. The number of phenols is 1. The van der Waals surface area contributed by atoms with Gasteiger partial charge in [0, 0.05) is 5.56 Å². The molecular weight excluding hydrogens is 306 g/mol. The summed E-state index contributed by atoms with van der Waals surface area (Å²) in [5.41, 5.74) is 1.86. The number of aromatic nitrogens is 3. The van der Waals surface area contributed by atoms with Gasteiger partial charge in [0.15, 0.2) is 5.52 Å². The molecule has 2 aromatic carbocycles. The minimum atomic E-state index is -0.546. The van der Waals surface area contributed by atoms with Crippen molar-refractivity contribution in [2.75, 3.05) is 0 Å². The van der Waals surface area contributed by atoms with Gasteiger partial charge in [-0.2, -0.15) is 0 Å². The van der Waals surface area contributed by atoms with Gasteiger partial charge in [0.05, 0.1) is 11.2 Å². The van der Waals surface area contributed by atoms with E-state index in [9.17, 15) is 14.7 Å². The smallest absolute Gasteiger partial charge is 0.326 e. The Morgan fingerprint density at radius 2 is 1.71 bits per heavy atom. The average molecular weight is 319 g/mol. The molecule has 0 aliphatic heterocycles. The minimum absolute atomic E-state index is 0.204. The van der Waals surface area contributed by atoms with E-state index in [1.165, 1.54) is 0 Å². The van der Waals surface area contributed by atoms with E-state index in [0.29, 0.717) is 11.2 Å². The molecular formula is C18H13N3O3. The molecule has 0 unspecified atom stereocenters. The van der Waals surface area contributed by atoms with Gasteiger partial charge in [0.2, 0.25) is 0 Å². The second-order valence-electron chi connectivity index (χ2n) is 5.70. The summed E-state index contributed by atoms with van der Waals surface area (Å²) >= 11 is 0. The Balaban J connectivity index is 1.98. The molecule has 2 aromatic heterocycles. The third-order valence-corrected chi connectivity index (χ3v) is 4.02. The Kier molecular flexibility index (Phi) is 2.99. The number of pyridine rings is 1. The van der Waals surface area contributed by atoms with Gasteiger partial charge in [0.25, 0.3) is 5.56 Å². The fourth-order valence-corrected chi connectivity index (χ4v) is 2.84. The van der Waals surface area contributed by atoms with Crippen molar-refractivity contribution in [1.82, 2.24) is 15.0 Å². The van der Waals surface area contributed by atoms with E-state index < -0.39 is 11.2 Å². The first-order valence-corrected chi connectivity index (χ1v) is 7.38. The molecule has 0 saturated heterocycles. The number of aromatic amines is 2. The molecule has 0 saturated carbocycles. The third kappa shape index (κ3) is 2.25. The van der Waals surface area contributed by atoms with E-state index in [1.54, 1.807) is 12.1 Å². The topological polar surface area (TPSA) is 98.8 Å². The number of nitrogens with one attached hydrogen (secondary N) is 2.